The van der Waals surface area contributed by atoms with Crippen LogP contribution < -0.4 is 4.89 Å². The molecule has 0 amide bonds. The van der Waals surface area contributed by atoms with Gasteiger partial charge in [0, 0.05) is 6.42 Å². The minimum Gasteiger partial charge on any atom is -0.756 e. The number of hydrogen-bond acceptors (Lipinski definition) is 6. The second-order valence-corrected chi connectivity index (χ2v) is 4.99. The van der Waals surface area contributed by atoms with Gasteiger partial charge in [-0.2, -0.15) is 13.2 Å². The highest BCUT2D eigenvalue weighted by Crippen LogP contribution is 2.38. The topological polar surface area (TPSA) is 84.9 Å². The zero-order chi connectivity index (χ0) is 15.8. The molecular weight excluding hydrogens is 304 g/mol. The molecule has 10 heteroatoms. The number of halogens is 3. The number of esters is 1. The predicted octanol–water partition coefficient (Wildman–Crippen LogP) is 1.95. The molecule has 0 rings (SSSR count). The Morgan fingerprint density at radius 3 is 2.30 bits per heavy atom. The van der Waals surface area contributed by atoms with Crippen molar-refractivity contribution in [1.29, 1.82) is 0 Å². The standard InChI is InChI=1S/C10H16F3O6P/c1-3-5-18-20(15,16)19-7-4-6-17-9(14)8(2)10(11,12)13/h2-7H2,1H3,(H,15,16)/p-1. The molecule has 0 aromatic carbocycles. The molecule has 0 aliphatic rings. The summed E-state index contributed by atoms with van der Waals surface area (Å²) in [7, 11) is -4.41. The zero-order valence-electron chi connectivity index (χ0n) is 10.8. The SMILES string of the molecule is C=C(C(=O)OCCCOP(=O)([O-])OCCC)C(F)(F)F. The minimum atomic E-state index is -4.85. The quantitative estimate of drug-likeness (QED) is 0.279. The van der Waals surface area contributed by atoms with Gasteiger partial charge in [-0.15, -0.1) is 0 Å². The van der Waals surface area contributed by atoms with Gasteiger partial charge in [0.15, 0.2) is 0 Å². The van der Waals surface area contributed by atoms with Gasteiger partial charge < -0.3 is 18.7 Å². The first-order valence-corrected chi connectivity index (χ1v) is 7.09. The first kappa shape index (κ1) is 19.1. The van der Waals surface area contributed by atoms with Crippen molar-refractivity contribution in [2.24, 2.45) is 0 Å². The molecular formula is C10H15F3O6P-. The fourth-order valence-electron chi connectivity index (χ4n) is 0.843. The first-order chi connectivity index (χ1) is 9.10. The fraction of sp³-hybridized carbons (Fsp3) is 0.700. The first-order valence-electron chi connectivity index (χ1n) is 5.63. The average molecular weight is 319 g/mol. The lowest BCUT2D eigenvalue weighted by Crippen LogP contribution is -2.21. The van der Waals surface area contributed by atoms with Gasteiger partial charge in [0.2, 0.25) is 0 Å². The molecule has 0 spiro atoms. The molecule has 0 bridgehead atoms. The van der Waals surface area contributed by atoms with E-state index in [1.54, 1.807) is 6.92 Å². The fourth-order valence-corrected chi connectivity index (χ4v) is 1.68. The number of rotatable bonds is 9. The number of alkyl halides is 3. The molecule has 0 N–H and O–H groups in total. The Bertz CT molecular complexity index is 382. The van der Waals surface area contributed by atoms with E-state index in [0.29, 0.717) is 6.42 Å². The van der Waals surface area contributed by atoms with E-state index in [0.717, 1.165) is 0 Å². The molecule has 0 aliphatic carbocycles. The number of hydrogen-bond donors (Lipinski definition) is 0. The maximum Gasteiger partial charge on any atom is 0.422 e. The second kappa shape index (κ2) is 8.41. The van der Waals surface area contributed by atoms with Crippen molar-refractivity contribution in [2.75, 3.05) is 19.8 Å². The predicted molar refractivity (Wildman–Crippen MR) is 60.6 cm³/mol. The third-order valence-electron chi connectivity index (χ3n) is 1.81. The van der Waals surface area contributed by atoms with E-state index < -0.39 is 32.1 Å². The van der Waals surface area contributed by atoms with Gasteiger partial charge in [-0.3, -0.25) is 4.57 Å². The summed E-state index contributed by atoms with van der Waals surface area (Å²) < 4.78 is 60.2. The molecule has 0 saturated carbocycles. The van der Waals surface area contributed by atoms with Crippen LogP contribution in [0.2, 0.25) is 0 Å². The lowest BCUT2D eigenvalue weighted by Gasteiger charge is -2.22. The molecule has 0 fully saturated rings. The molecule has 0 heterocycles. The number of ether oxygens (including phenoxy) is 1. The Morgan fingerprint density at radius 2 is 1.80 bits per heavy atom. The van der Waals surface area contributed by atoms with Crippen molar-refractivity contribution in [3.8, 4) is 0 Å². The largest absolute Gasteiger partial charge is 0.756 e. The van der Waals surface area contributed by atoms with Gasteiger partial charge in [-0.1, -0.05) is 13.5 Å². The van der Waals surface area contributed by atoms with Crippen molar-refractivity contribution in [3.63, 3.8) is 0 Å². The maximum atomic E-state index is 12.0. The van der Waals surface area contributed by atoms with E-state index in [1.165, 1.54) is 0 Å². The molecule has 0 aromatic rings. The Balaban J connectivity index is 3.85. The van der Waals surface area contributed by atoms with E-state index >= 15 is 0 Å². The van der Waals surface area contributed by atoms with E-state index in [1.807, 2.05) is 0 Å². The zero-order valence-corrected chi connectivity index (χ0v) is 11.7. The number of carbonyl (C=O) groups excluding carboxylic acids is 1. The van der Waals surface area contributed by atoms with Gasteiger partial charge in [-0.25, -0.2) is 4.79 Å². The minimum absolute atomic E-state index is 0.0266. The average Bonchev–Trinajstić information content (AvgIpc) is 2.33. The Morgan fingerprint density at radius 1 is 1.25 bits per heavy atom. The Kier molecular flexibility index (Phi) is 8.03. The van der Waals surface area contributed by atoms with Crippen LogP contribution in [0, 0.1) is 0 Å². The van der Waals surface area contributed by atoms with Crippen LogP contribution in [-0.2, 0) is 23.1 Å². The third kappa shape index (κ3) is 8.31. The van der Waals surface area contributed by atoms with Gasteiger partial charge in [0.25, 0.3) is 7.82 Å². The van der Waals surface area contributed by atoms with E-state index in [9.17, 15) is 27.4 Å². The molecule has 0 aliphatic heterocycles. The highest BCUT2D eigenvalue weighted by atomic mass is 31.2. The van der Waals surface area contributed by atoms with Gasteiger partial charge >= 0.3 is 12.1 Å². The lowest BCUT2D eigenvalue weighted by molar-refractivity contribution is -0.225. The van der Waals surface area contributed by atoms with Crippen molar-refractivity contribution in [1.82, 2.24) is 0 Å². The molecule has 1 unspecified atom stereocenters. The van der Waals surface area contributed by atoms with Crippen LogP contribution in [0.5, 0.6) is 0 Å². The highest BCUT2D eigenvalue weighted by molar-refractivity contribution is 7.45. The number of carbonyl (C=O) groups is 1. The smallest absolute Gasteiger partial charge is 0.422 e. The summed E-state index contributed by atoms with van der Waals surface area (Å²) in [6.45, 7) is 3.43. The van der Waals surface area contributed by atoms with Crippen LogP contribution in [-0.4, -0.2) is 32.0 Å². The summed E-state index contributed by atoms with van der Waals surface area (Å²) in [5.74, 6) is -1.61. The van der Waals surface area contributed by atoms with E-state index in [4.69, 9.17) is 0 Å². The van der Waals surface area contributed by atoms with Crippen LogP contribution in [0.4, 0.5) is 13.2 Å². The summed E-state index contributed by atoms with van der Waals surface area (Å²) in [6, 6.07) is 0. The van der Waals surface area contributed by atoms with E-state index in [2.05, 4.69) is 20.4 Å². The number of phosphoric ester groups is 1. The van der Waals surface area contributed by atoms with Crippen LogP contribution in [0.3, 0.4) is 0 Å². The lowest BCUT2D eigenvalue weighted by atomic mass is 10.3. The second-order valence-electron chi connectivity index (χ2n) is 3.58. The molecule has 6 nitrogen and oxygen atoms in total. The summed E-state index contributed by atoms with van der Waals surface area (Å²) in [6.07, 6.45) is -4.47. The van der Waals surface area contributed by atoms with E-state index in [-0.39, 0.29) is 19.6 Å². The normalized spacial score (nSPS) is 14.7. The van der Waals surface area contributed by atoms with Gasteiger partial charge in [0.1, 0.15) is 5.57 Å². The molecule has 0 radical (unpaired) electrons. The van der Waals surface area contributed by atoms with Gasteiger partial charge in [0.05, 0.1) is 19.8 Å². The highest BCUT2D eigenvalue weighted by Gasteiger charge is 2.37. The van der Waals surface area contributed by atoms with Gasteiger partial charge in [-0.05, 0) is 6.42 Å². The van der Waals surface area contributed by atoms with Crippen LogP contribution in [0.25, 0.3) is 0 Å². The van der Waals surface area contributed by atoms with Crippen molar-refractivity contribution in [2.45, 2.75) is 25.9 Å². The summed E-state index contributed by atoms with van der Waals surface area (Å²) in [5.41, 5.74) is -1.63. The van der Waals surface area contributed by atoms with Crippen LogP contribution >= 0.6 is 7.82 Å². The molecule has 0 aromatic heterocycles. The maximum absolute atomic E-state index is 12.0. The Hall–Kier alpha value is -0.890. The summed E-state index contributed by atoms with van der Waals surface area (Å²) in [5, 5.41) is 0. The van der Waals surface area contributed by atoms with Crippen molar-refractivity contribution < 1.29 is 41.2 Å². The van der Waals surface area contributed by atoms with Crippen LogP contribution in [0.15, 0.2) is 12.2 Å². The Labute approximate surface area is 114 Å². The monoisotopic (exact) mass is 319 g/mol. The van der Waals surface area contributed by atoms with Crippen LogP contribution in [0.1, 0.15) is 19.8 Å². The summed E-state index contributed by atoms with van der Waals surface area (Å²) >= 11 is 0. The van der Waals surface area contributed by atoms with Crippen molar-refractivity contribution in [3.05, 3.63) is 12.2 Å². The van der Waals surface area contributed by atoms with Crippen molar-refractivity contribution >= 4 is 13.8 Å². The number of phosphoric acid groups is 1. The molecule has 20 heavy (non-hydrogen) atoms. The summed E-state index contributed by atoms with van der Waals surface area (Å²) in [4.78, 5) is 21.9. The molecule has 118 valence electrons. The molecule has 1 atom stereocenters. The third-order valence-corrected chi connectivity index (χ3v) is 2.81. The molecule has 0 saturated heterocycles.